The molecule has 1 aliphatic heterocycles. The van der Waals surface area contributed by atoms with Crippen LogP contribution in [0.1, 0.15) is 40.0 Å². The third-order valence-corrected chi connectivity index (χ3v) is 11.2. The predicted octanol–water partition coefficient (Wildman–Crippen LogP) is 6.32. The second-order valence-corrected chi connectivity index (χ2v) is 14.9. The van der Waals surface area contributed by atoms with E-state index in [2.05, 4.69) is 49.1 Å². The maximum Gasteiger partial charge on any atom is 0.417 e. The summed E-state index contributed by atoms with van der Waals surface area (Å²) < 4.78 is 11.6. The molecule has 0 spiro atoms. The van der Waals surface area contributed by atoms with E-state index >= 15 is 0 Å². The molecule has 1 aromatic heterocycles. The van der Waals surface area contributed by atoms with Crippen molar-refractivity contribution in [2.24, 2.45) is 5.92 Å². The first-order valence-corrected chi connectivity index (χ1v) is 14.4. The van der Waals surface area contributed by atoms with E-state index in [4.69, 9.17) is 9.16 Å². The number of aromatic nitrogens is 1. The Balaban J connectivity index is 1.41. The van der Waals surface area contributed by atoms with Crippen molar-refractivity contribution in [2.75, 3.05) is 29.9 Å². The number of hydrogen-bond acceptors (Lipinski definition) is 5. The lowest BCUT2D eigenvalue weighted by Gasteiger charge is -2.37. The smallest absolute Gasteiger partial charge is 0.417 e. The van der Waals surface area contributed by atoms with Gasteiger partial charge in [0.05, 0.1) is 11.9 Å². The van der Waals surface area contributed by atoms with Crippen LogP contribution in [0.15, 0.2) is 48.7 Å². The summed E-state index contributed by atoms with van der Waals surface area (Å²) in [6.45, 7) is 14.4. The fourth-order valence-corrected chi connectivity index (χ4v) is 4.60. The zero-order chi connectivity index (χ0) is 23.2. The van der Waals surface area contributed by atoms with Gasteiger partial charge >= 0.3 is 6.09 Å². The first-order valence-electron chi connectivity index (χ1n) is 11.5. The van der Waals surface area contributed by atoms with E-state index < -0.39 is 14.4 Å². The third-order valence-electron chi connectivity index (χ3n) is 6.68. The molecule has 2 aromatic rings. The summed E-state index contributed by atoms with van der Waals surface area (Å²) in [4.78, 5) is 18.9. The number of para-hydroxylation sites is 1. The molecule has 1 aliphatic rings. The van der Waals surface area contributed by atoms with Gasteiger partial charge in [0.1, 0.15) is 11.6 Å². The second kappa shape index (κ2) is 10.5. The lowest BCUT2D eigenvalue weighted by molar-refractivity contribution is 0.215. The van der Waals surface area contributed by atoms with Gasteiger partial charge in [0.2, 0.25) is 0 Å². The first-order chi connectivity index (χ1) is 15.1. The minimum absolute atomic E-state index is 0.265. The number of piperidine rings is 1. The molecule has 0 atom stereocenters. The average Bonchev–Trinajstić information content (AvgIpc) is 2.74. The number of anilines is 2. The van der Waals surface area contributed by atoms with Gasteiger partial charge in [0.15, 0.2) is 8.32 Å². The third kappa shape index (κ3) is 6.81. The van der Waals surface area contributed by atoms with E-state index in [0.717, 1.165) is 44.8 Å². The van der Waals surface area contributed by atoms with Crippen LogP contribution in [-0.2, 0) is 4.43 Å². The molecular formula is C25H37N3O3Si. The Morgan fingerprint density at radius 3 is 2.41 bits per heavy atom. The highest BCUT2D eigenvalue weighted by Crippen LogP contribution is 2.37. The van der Waals surface area contributed by atoms with Crippen molar-refractivity contribution in [3.8, 4) is 5.75 Å². The van der Waals surface area contributed by atoms with Crippen molar-refractivity contribution in [2.45, 2.75) is 58.2 Å². The van der Waals surface area contributed by atoms with Gasteiger partial charge in [-0.2, -0.15) is 0 Å². The van der Waals surface area contributed by atoms with Crippen LogP contribution >= 0.6 is 0 Å². The van der Waals surface area contributed by atoms with Crippen LogP contribution in [0.4, 0.5) is 16.3 Å². The highest BCUT2D eigenvalue weighted by atomic mass is 28.4. The minimum Gasteiger partial charge on any atom is -0.417 e. The number of pyridine rings is 1. The number of nitrogens with zero attached hydrogens (tertiary/aromatic N) is 2. The van der Waals surface area contributed by atoms with Gasteiger partial charge < -0.3 is 14.1 Å². The molecule has 1 N–H and O–H groups in total. The SMILES string of the molecule is CC(C)(C)[Si](C)(C)OCCC1CCN(c2ccc(NC(=O)Oc3ccccc3)cn2)CC1. The van der Waals surface area contributed by atoms with Crippen LogP contribution < -0.4 is 15.0 Å². The topological polar surface area (TPSA) is 63.7 Å². The molecule has 1 amide bonds. The Morgan fingerprint density at radius 1 is 1.12 bits per heavy atom. The van der Waals surface area contributed by atoms with Crippen molar-refractivity contribution in [1.29, 1.82) is 0 Å². The molecule has 32 heavy (non-hydrogen) atoms. The monoisotopic (exact) mass is 455 g/mol. The molecule has 1 aromatic carbocycles. The summed E-state index contributed by atoms with van der Waals surface area (Å²) >= 11 is 0. The van der Waals surface area contributed by atoms with Gasteiger partial charge in [0.25, 0.3) is 0 Å². The summed E-state index contributed by atoms with van der Waals surface area (Å²) in [5.41, 5.74) is 0.618. The van der Waals surface area contributed by atoms with Gasteiger partial charge in [-0.05, 0) is 67.6 Å². The van der Waals surface area contributed by atoms with Crippen LogP contribution in [0.25, 0.3) is 0 Å². The molecular weight excluding hydrogens is 418 g/mol. The van der Waals surface area contributed by atoms with Crippen LogP contribution in [0.5, 0.6) is 5.75 Å². The number of carbonyl (C=O) groups is 1. The molecule has 0 radical (unpaired) electrons. The summed E-state index contributed by atoms with van der Waals surface area (Å²) in [7, 11) is -1.65. The largest absolute Gasteiger partial charge is 0.417 e. The van der Waals surface area contributed by atoms with Crippen molar-refractivity contribution >= 4 is 25.9 Å². The van der Waals surface area contributed by atoms with E-state index in [-0.39, 0.29) is 5.04 Å². The van der Waals surface area contributed by atoms with Crippen molar-refractivity contribution in [1.82, 2.24) is 4.98 Å². The summed E-state index contributed by atoms with van der Waals surface area (Å²) in [5, 5.41) is 2.99. The van der Waals surface area contributed by atoms with Gasteiger partial charge in [-0.3, -0.25) is 5.32 Å². The molecule has 1 saturated heterocycles. The zero-order valence-corrected chi connectivity index (χ0v) is 21.1. The van der Waals surface area contributed by atoms with E-state index in [9.17, 15) is 4.79 Å². The first kappa shape index (κ1) is 24.3. The highest BCUT2D eigenvalue weighted by Gasteiger charge is 2.37. The van der Waals surface area contributed by atoms with E-state index in [1.165, 1.54) is 0 Å². The lowest BCUT2D eigenvalue weighted by atomic mass is 9.94. The van der Waals surface area contributed by atoms with Crippen LogP contribution in [-0.4, -0.2) is 39.1 Å². The number of rotatable bonds is 7. The summed E-state index contributed by atoms with van der Waals surface area (Å²) in [6.07, 6.45) is 4.62. The average molecular weight is 456 g/mol. The molecule has 0 bridgehead atoms. The van der Waals surface area contributed by atoms with Gasteiger partial charge in [0, 0.05) is 19.7 Å². The van der Waals surface area contributed by atoms with Crippen molar-refractivity contribution < 1.29 is 14.0 Å². The molecule has 0 unspecified atom stereocenters. The number of benzene rings is 1. The van der Waals surface area contributed by atoms with Gasteiger partial charge in [-0.1, -0.05) is 39.0 Å². The molecule has 1 fully saturated rings. The van der Waals surface area contributed by atoms with E-state index in [1.807, 2.05) is 30.3 Å². The molecule has 174 valence electrons. The molecule has 3 rings (SSSR count). The Hall–Kier alpha value is -2.38. The van der Waals surface area contributed by atoms with Crippen LogP contribution in [0, 0.1) is 5.92 Å². The number of ether oxygens (including phenoxy) is 1. The summed E-state index contributed by atoms with van der Waals surface area (Å²) in [6, 6.07) is 12.8. The molecule has 0 aliphatic carbocycles. The lowest BCUT2D eigenvalue weighted by Crippen LogP contribution is -2.41. The van der Waals surface area contributed by atoms with Crippen LogP contribution in [0.3, 0.4) is 0 Å². The number of hydrogen-bond donors (Lipinski definition) is 1. The summed E-state index contributed by atoms with van der Waals surface area (Å²) in [5.74, 6) is 2.17. The Bertz CT molecular complexity index is 858. The number of carbonyl (C=O) groups excluding carboxylic acids is 1. The second-order valence-electron chi connectivity index (χ2n) is 10.1. The Labute approximate surface area is 193 Å². The number of amides is 1. The maximum absolute atomic E-state index is 12.0. The van der Waals surface area contributed by atoms with E-state index in [1.54, 1.807) is 18.3 Å². The standard InChI is InChI=1S/C25H37N3O3Si/c1-25(2,3)32(4,5)30-18-15-20-13-16-28(17-14-20)23-12-11-21(19-26-23)27-24(29)31-22-9-7-6-8-10-22/h6-12,19-20H,13-18H2,1-5H3,(H,27,29). The van der Waals surface area contributed by atoms with Gasteiger partial charge in [-0.15, -0.1) is 0 Å². The maximum atomic E-state index is 12.0. The fourth-order valence-electron chi connectivity index (χ4n) is 3.53. The quantitative estimate of drug-likeness (QED) is 0.495. The molecule has 7 heteroatoms. The van der Waals surface area contributed by atoms with Crippen molar-refractivity contribution in [3.63, 3.8) is 0 Å². The van der Waals surface area contributed by atoms with Gasteiger partial charge in [-0.25, -0.2) is 9.78 Å². The molecule has 2 heterocycles. The predicted molar refractivity (Wildman–Crippen MR) is 133 cm³/mol. The molecule has 0 saturated carbocycles. The number of nitrogens with one attached hydrogen (secondary N) is 1. The van der Waals surface area contributed by atoms with Crippen LogP contribution in [0.2, 0.25) is 18.1 Å². The molecule has 6 nitrogen and oxygen atoms in total. The Kier molecular flexibility index (Phi) is 7.95. The van der Waals surface area contributed by atoms with E-state index in [0.29, 0.717) is 17.4 Å². The normalized spacial score (nSPS) is 15.5. The zero-order valence-electron chi connectivity index (χ0n) is 20.1. The minimum atomic E-state index is -1.65. The highest BCUT2D eigenvalue weighted by molar-refractivity contribution is 6.74. The fraction of sp³-hybridized carbons (Fsp3) is 0.520. The van der Waals surface area contributed by atoms with Crippen molar-refractivity contribution in [3.05, 3.63) is 48.7 Å². The Morgan fingerprint density at radius 2 is 1.81 bits per heavy atom.